The van der Waals surface area contributed by atoms with E-state index in [0.29, 0.717) is 28.1 Å². The number of halogens is 4. The van der Waals surface area contributed by atoms with Crippen LogP contribution in [0, 0.1) is 5.82 Å². The fourth-order valence-electron chi connectivity index (χ4n) is 2.60. The lowest BCUT2D eigenvalue weighted by molar-refractivity contribution is -0.142. The number of benzene rings is 2. The molecule has 0 aliphatic carbocycles. The van der Waals surface area contributed by atoms with Crippen LogP contribution in [0.4, 0.5) is 17.6 Å². The minimum Gasteiger partial charge on any atom is -0.461 e. The molecule has 1 aromatic heterocycles. The van der Waals surface area contributed by atoms with Crippen LogP contribution in [-0.4, -0.2) is 11.0 Å². The Kier molecular flexibility index (Phi) is 5.44. The predicted molar refractivity (Wildman–Crippen MR) is 95.5 cm³/mol. The SMILES string of the molecule is CC(=O)OCc1cc(-c2ccc(F)cc2)nc(-c2ccc(C(F)(F)F)cc2)c1. The van der Waals surface area contributed by atoms with E-state index in [1.54, 1.807) is 24.3 Å². The third kappa shape index (κ3) is 4.73. The van der Waals surface area contributed by atoms with E-state index in [1.165, 1.54) is 31.2 Å². The molecule has 0 bridgehead atoms. The van der Waals surface area contributed by atoms with E-state index in [9.17, 15) is 22.4 Å². The van der Waals surface area contributed by atoms with Crippen molar-refractivity contribution in [3.63, 3.8) is 0 Å². The van der Waals surface area contributed by atoms with E-state index in [4.69, 9.17) is 4.74 Å². The van der Waals surface area contributed by atoms with Gasteiger partial charge in [0.1, 0.15) is 12.4 Å². The largest absolute Gasteiger partial charge is 0.461 e. The van der Waals surface area contributed by atoms with Gasteiger partial charge in [-0.05, 0) is 54.1 Å². The van der Waals surface area contributed by atoms with E-state index in [1.807, 2.05) is 0 Å². The molecule has 0 spiro atoms. The quantitative estimate of drug-likeness (QED) is 0.428. The van der Waals surface area contributed by atoms with Crippen LogP contribution in [0.3, 0.4) is 0 Å². The molecular formula is C21H15F4NO2. The van der Waals surface area contributed by atoms with Gasteiger partial charge < -0.3 is 4.74 Å². The topological polar surface area (TPSA) is 39.2 Å². The van der Waals surface area contributed by atoms with Crippen LogP contribution >= 0.6 is 0 Å². The molecule has 7 heteroatoms. The Morgan fingerprint density at radius 3 is 1.89 bits per heavy atom. The summed E-state index contributed by atoms with van der Waals surface area (Å²) in [6.07, 6.45) is -4.43. The summed E-state index contributed by atoms with van der Waals surface area (Å²) in [6, 6.07) is 13.6. The number of esters is 1. The Bertz CT molecular complexity index is 981. The molecule has 0 saturated carbocycles. The number of pyridine rings is 1. The first-order valence-corrected chi connectivity index (χ1v) is 8.30. The zero-order chi connectivity index (χ0) is 20.3. The Morgan fingerprint density at radius 1 is 0.929 bits per heavy atom. The number of hydrogen-bond acceptors (Lipinski definition) is 3. The number of alkyl halides is 3. The Hall–Kier alpha value is -3.22. The highest BCUT2D eigenvalue weighted by atomic mass is 19.4. The van der Waals surface area contributed by atoms with Crippen molar-refractivity contribution in [3.8, 4) is 22.5 Å². The minimum atomic E-state index is -4.43. The second-order valence-electron chi connectivity index (χ2n) is 6.11. The second kappa shape index (κ2) is 7.80. The zero-order valence-electron chi connectivity index (χ0n) is 14.8. The molecule has 0 aliphatic rings. The smallest absolute Gasteiger partial charge is 0.416 e. The number of rotatable bonds is 4. The highest BCUT2D eigenvalue weighted by Gasteiger charge is 2.30. The molecule has 2 aromatic carbocycles. The molecule has 0 unspecified atom stereocenters. The second-order valence-corrected chi connectivity index (χ2v) is 6.11. The molecule has 28 heavy (non-hydrogen) atoms. The van der Waals surface area contributed by atoms with Crippen molar-refractivity contribution < 1.29 is 27.1 Å². The molecule has 0 aliphatic heterocycles. The zero-order valence-corrected chi connectivity index (χ0v) is 14.8. The third-order valence-electron chi connectivity index (χ3n) is 3.98. The maximum absolute atomic E-state index is 13.2. The van der Waals surface area contributed by atoms with Crippen molar-refractivity contribution in [1.29, 1.82) is 0 Å². The lowest BCUT2D eigenvalue weighted by Crippen LogP contribution is -2.04. The van der Waals surface area contributed by atoms with Crippen LogP contribution in [0.1, 0.15) is 18.1 Å². The lowest BCUT2D eigenvalue weighted by atomic mass is 10.0. The molecule has 3 aromatic rings. The maximum Gasteiger partial charge on any atom is 0.416 e. The van der Waals surface area contributed by atoms with Crippen molar-refractivity contribution in [2.45, 2.75) is 19.7 Å². The molecule has 1 heterocycles. The van der Waals surface area contributed by atoms with Crippen LogP contribution in [-0.2, 0) is 22.3 Å². The molecule has 0 radical (unpaired) electrons. The van der Waals surface area contributed by atoms with E-state index >= 15 is 0 Å². The van der Waals surface area contributed by atoms with E-state index in [-0.39, 0.29) is 6.61 Å². The first-order valence-electron chi connectivity index (χ1n) is 8.30. The van der Waals surface area contributed by atoms with Gasteiger partial charge in [-0.25, -0.2) is 9.37 Å². The van der Waals surface area contributed by atoms with Crippen molar-refractivity contribution in [1.82, 2.24) is 4.98 Å². The summed E-state index contributed by atoms with van der Waals surface area (Å²) < 4.78 is 56.6. The number of nitrogens with zero attached hydrogens (tertiary/aromatic N) is 1. The Balaban J connectivity index is 2.03. The predicted octanol–water partition coefficient (Wildman–Crippen LogP) is 5.64. The minimum absolute atomic E-state index is 0.0142. The first-order chi connectivity index (χ1) is 13.2. The van der Waals surface area contributed by atoms with Gasteiger partial charge in [-0.2, -0.15) is 13.2 Å². The fourth-order valence-corrected chi connectivity index (χ4v) is 2.60. The highest BCUT2D eigenvalue weighted by molar-refractivity contribution is 5.68. The summed E-state index contributed by atoms with van der Waals surface area (Å²) in [4.78, 5) is 15.6. The van der Waals surface area contributed by atoms with Gasteiger partial charge in [0.15, 0.2) is 0 Å². The van der Waals surface area contributed by atoms with Crippen LogP contribution in [0.25, 0.3) is 22.5 Å². The number of carbonyl (C=O) groups excluding carboxylic acids is 1. The van der Waals surface area contributed by atoms with Crippen molar-refractivity contribution >= 4 is 5.97 Å². The van der Waals surface area contributed by atoms with Crippen LogP contribution in [0.2, 0.25) is 0 Å². The summed E-state index contributed by atoms with van der Waals surface area (Å²) in [5.41, 5.74) is 1.85. The number of ether oxygens (including phenoxy) is 1. The monoisotopic (exact) mass is 389 g/mol. The normalized spacial score (nSPS) is 11.3. The van der Waals surface area contributed by atoms with Crippen molar-refractivity contribution in [2.75, 3.05) is 0 Å². The van der Waals surface area contributed by atoms with Gasteiger partial charge in [-0.1, -0.05) is 12.1 Å². The molecule has 0 atom stereocenters. The van der Waals surface area contributed by atoms with Crippen molar-refractivity contribution in [3.05, 3.63) is 77.6 Å². The van der Waals surface area contributed by atoms with Crippen molar-refractivity contribution in [2.24, 2.45) is 0 Å². The molecule has 0 N–H and O–H groups in total. The number of carbonyl (C=O) groups is 1. The summed E-state index contributed by atoms with van der Waals surface area (Å²) >= 11 is 0. The fraction of sp³-hybridized carbons (Fsp3) is 0.143. The molecular weight excluding hydrogens is 374 g/mol. The van der Waals surface area contributed by atoms with E-state index in [0.717, 1.165) is 12.1 Å². The average molecular weight is 389 g/mol. The molecule has 3 nitrogen and oxygen atoms in total. The molecule has 0 fully saturated rings. The molecule has 3 rings (SSSR count). The molecule has 0 saturated heterocycles. The van der Waals surface area contributed by atoms with Gasteiger partial charge in [-0.15, -0.1) is 0 Å². The Labute approximate surface area is 158 Å². The van der Waals surface area contributed by atoms with Crippen LogP contribution in [0.15, 0.2) is 60.7 Å². The first kappa shape index (κ1) is 19.5. The van der Waals surface area contributed by atoms with Gasteiger partial charge in [0.05, 0.1) is 17.0 Å². The number of aromatic nitrogens is 1. The molecule has 144 valence electrons. The van der Waals surface area contributed by atoms with Crippen LogP contribution < -0.4 is 0 Å². The van der Waals surface area contributed by atoms with E-state index in [2.05, 4.69) is 4.98 Å². The van der Waals surface area contributed by atoms with Gasteiger partial charge in [0, 0.05) is 18.1 Å². The van der Waals surface area contributed by atoms with Crippen LogP contribution in [0.5, 0.6) is 0 Å². The summed E-state index contributed by atoms with van der Waals surface area (Å²) in [5, 5.41) is 0. The van der Waals surface area contributed by atoms with Gasteiger partial charge in [0.2, 0.25) is 0 Å². The van der Waals surface area contributed by atoms with Gasteiger partial charge in [0.25, 0.3) is 0 Å². The maximum atomic E-state index is 13.2. The van der Waals surface area contributed by atoms with Gasteiger partial charge >= 0.3 is 12.1 Å². The summed E-state index contributed by atoms with van der Waals surface area (Å²) in [6.45, 7) is 1.26. The lowest BCUT2D eigenvalue weighted by Gasteiger charge is -2.11. The average Bonchev–Trinajstić information content (AvgIpc) is 2.66. The highest BCUT2D eigenvalue weighted by Crippen LogP contribution is 2.31. The van der Waals surface area contributed by atoms with E-state index < -0.39 is 23.5 Å². The standard InChI is InChI=1S/C21H15F4NO2/c1-13(27)28-12-14-10-19(15-2-6-17(7-3-15)21(23,24)25)26-20(11-14)16-4-8-18(22)9-5-16/h2-11H,12H2,1H3. The molecule has 0 amide bonds. The van der Waals surface area contributed by atoms with Gasteiger partial charge in [-0.3, -0.25) is 4.79 Å². The summed E-state index contributed by atoms with van der Waals surface area (Å²) in [5.74, 6) is -0.862. The Morgan fingerprint density at radius 2 is 1.43 bits per heavy atom. The third-order valence-corrected chi connectivity index (χ3v) is 3.98. The summed E-state index contributed by atoms with van der Waals surface area (Å²) in [7, 11) is 0. The number of hydrogen-bond donors (Lipinski definition) is 0.